The summed E-state index contributed by atoms with van der Waals surface area (Å²) < 4.78 is 0. The third kappa shape index (κ3) is 11.0. The van der Waals surface area contributed by atoms with Gasteiger partial charge in [0.1, 0.15) is 6.29 Å². The first-order valence-electron chi connectivity index (χ1n) is 2.35. The van der Waals surface area contributed by atoms with Crippen LogP contribution in [0.5, 0.6) is 0 Å². The second kappa shape index (κ2) is 10.1. The zero-order chi connectivity index (χ0) is 4.83. The molecule has 0 aromatic carbocycles. The average Bonchev–Trinajstić information content (AvgIpc) is 1.61. The first-order valence-corrected chi connectivity index (χ1v) is 2.35. The molecule has 0 bridgehead atoms. The van der Waals surface area contributed by atoms with E-state index in [1.165, 1.54) is 0 Å². The van der Waals surface area contributed by atoms with Crippen molar-refractivity contribution in [1.29, 1.82) is 0 Å². The van der Waals surface area contributed by atoms with Crippen LogP contribution in [-0.4, -0.2) is 6.29 Å². The Hall–Kier alpha value is 1.05. The topological polar surface area (TPSA) is 17.1 Å². The zero-order valence-electron chi connectivity index (χ0n) is 4.61. The van der Waals surface area contributed by atoms with Crippen LogP contribution in [-0.2, 0) is 4.79 Å². The van der Waals surface area contributed by atoms with Gasteiger partial charge in [0.2, 0.25) is 0 Å². The Labute approximate surface area is 78.2 Å². The molecule has 0 atom stereocenters. The summed E-state index contributed by atoms with van der Waals surface area (Å²) in [5, 5.41) is 0. The summed E-state index contributed by atoms with van der Waals surface area (Å²) in [6.45, 7) is 2.07. The fraction of sp³-hybridized carbons (Fsp3) is 0.800. The van der Waals surface area contributed by atoms with E-state index in [4.69, 9.17) is 0 Å². The third-order valence-electron chi connectivity index (χ3n) is 0.676. The Morgan fingerprint density at radius 1 is 1.57 bits per heavy atom. The van der Waals surface area contributed by atoms with Crippen LogP contribution in [0.25, 0.3) is 0 Å². The van der Waals surface area contributed by atoms with E-state index in [1.54, 1.807) is 0 Å². The van der Waals surface area contributed by atoms with Crippen LogP contribution < -0.4 is 0 Å². The summed E-state index contributed by atoms with van der Waals surface area (Å²) >= 11 is 0. The van der Waals surface area contributed by atoms with Crippen molar-refractivity contribution >= 4 is 6.29 Å². The standard InChI is InChI=1S/C5H10O.Ce/c1-2-3-4-5-6;/h5H,2-4H2,1H3;. The number of carbonyl (C=O) groups excluding carboxylic acids is 1. The minimum absolute atomic E-state index is 0. The number of hydrogen-bond donors (Lipinski definition) is 0. The molecule has 0 rings (SSSR count). The van der Waals surface area contributed by atoms with Crippen molar-refractivity contribution < 1.29 is 46.5 Å². The molecule has 0 aromatic rings. The third-order valence-corrected chi connectivity index (χ3v) is 0.676. The number of carbonyl (C=O) groups is 1. The molecule has 0 N–H and O–H groups in total. The minimum Gasteiger partial charge on any atom is -0.303 e. The Morgan fingerprint density at radius 3 is 2.29 bits per heavy atom. The molecular weight excluding hydrogens is 216 g/mol. The molecule has 0 amide bonds. The Bertz CT molecular complexity index is 37.1. The molecule has 0 saturated heterocycles. The molecule has 0 aliphatic rings. The molecule has 0 unspecified atom stereocenters. The van der Waals surface area contributed by atoms with E-state index >= 15 is 0 Å². The van der Waals surface area contributed by atoms with Crippen LogP contribution in [0.2, 0.25) is 0 Å². The summed E-state index contributed by atoms with van der Waals surface area (Å²) in [5.41, 5.74) is 0. The molecule has 0 heterocycles. The maximum Gasteiger partial charge on any atom is 0.119 e. The van der Waals surface area contributed by atoms with E-state index in [1.807, 2.05) is 0 Å². The van der Waals surface area contributed by atoms with Gasteiger partial charge in [0.25, 0.3) is 0 Å². The van der Waals surface area contributed by atoms with Gasteiger partial charge in [0.05, 0.1) is 0 Å². The van der Waals surface area contributed by atoms with E-state index < -0.39 is 0 Å². The first-order chi connectivity index (χ1) is 2.91. The van der Waals surface area contributed by atoms with E-state index in [0.717, 1.165) is 25.5 Å². The summed E-state index contributed by atoms with van der Waals surface area (Å²) in [5.74, 6) is 0. The van der Waals surface area contributed by atoms with Crippen molar-refractivity contribution in [1.82, 2.24) is 0 Å². The van der Waals surface area contributed by atoms with Crippen molar-refractivity contribution in [3.8, 4) is 0 Å². The molecule has 0 aliphatic carbocycles. The van der Waals surface area contributed by atoms with E-state index in [9.17, 15) is 4.79 Å². The SMILES string of the molecule is CCCCC=O.[Ce]. The number of unbranched alkanes of at least 4 members (excludes halogenated alkanes) is 2. The van der Waals surface area contributed by atoms with Crippen molar-refractivity contribution in [2.75, 3.05) is 0 Å². The molecule has 0 aliphatic heterocycles. The predicted octanol–water partition coefficient (Wildman–Crippen LogP) is 1.38. The summed E-state index contributed by atoms with van der Waals surface area (Å²) in [4.78, 5) is 9.56. The van der Waals surface area contributed by atoms with Crippen LogP contribution in [0.1, 0.15) is 26.2 Å². The van der Waals surface area contributed by atoms with E-state index in [2.05, 4.69) is 6.92 Å². The maximum atomic E-state index is 9.56. The van der Waals surface area contributed by atoms with Gasteiger partial charge in [0.15, 0.2) is 0 Å². The van der Waals surface area contributed by atoms with Crippen LogP contribution in [0.15, 0.2) is 0 Å². The van der Waals surface area contributed by atoms with Gasteiger partial charge >= 0.3 is 0 Å². The number of hydrogen-bond acceptors (Lipinski definition) is 1. The van der Waals surface area contributed by atoms with Crippen molar-refractivity contribution in [3.63, 3.8) is 0 Å². The van der Waals surface area contributed by atoms with Gasteiger partial charge in [-0.25, -0.2) is 0 Å². The quantitative estimate of drug-likeness (QED) is 0.525. The second-order valence-electron chi connectivity index (χ2n) is 1.31. The Kier molecular flexibility index (Phi) is 15.8. The monoisotopic (exact) mass is 226 g/mol. The predicted molar refractivity (Wildman–Crippen MR) is 25.6 cm³/mol. The molecule has 0 fully saturated rings. The fourth-order valence-electron chi connectivity index (χ4n) is 0.287. The number of rotatable bonds is 3. The van der Waals surface area contributed by atoms with Crippen LogP contribution >= 0.6 is 0 Å². The second-order valence-corrected chi connectivity index (χ2v) is 1.31. The van der Waals surface area contributed by atoms with Gasteiger partial charge in [-0.05, 0) is 6.42 Å². The van der Waals surface area contributed by atoms with Crippen LogP contribution in [0.3, 0.4) is 0 Å². The summed E-state index contributed by atoms with van der Waals surface area (Å²) in [6, 6.07) is 0. The maximum absolute atomic E-state index is 9.56. The minimum atomic E-state index is 0. The molecule has 7 heavy (non-hydrogen) atoms. The van der Waals surface area contributed by atoms with Gasteiger partial charge in [0, 0.05) is 48.2 Å². The normalized spacial score (nSPS) is 7.00. The molecule has 0 aromatic heterocycles. The van der Waals surface area contributed by atoms with Crippen LogP contribution in [0.4, 0.5) is 0 Å². The molecule has 40 valence electrons. The molecule has 1 nitrogen and oxygen atoms in total. The van der Waals surface area contributed by atoms with Crippen molar-refractivity contribution in [2.45, 2.75) is 26.2 Å². The van der Waals surface area contributed by atoms with Gasteiger partial charge < -0.3 is 4.79 Å². The summed E-state index contributed by atoms with van der Waals surface area (Å²) in [6.07, 6.45) is 3.86. The molecule has 0 radical (unpaired) electrons. The Balaban J connectivity index is 0. The van der Waals surface area contributed by atoms with Crippen LogP contribution in [0, 0.1) is 41.7 Å². The molecule has 0 saturated carbocycles. The van der Waals surface area contributed by atoms with E-state index in [-0.39, 0.29) is 41.7 Å². The van der Waals surface area contributed by atoms with Gasteiger partial charge in [-0.2, -0.15) is 0 Å². The molecular formula is C5H10CeO. The van der Waals surface area contributed by atoms with Gasteiger partial charge in [-0.1, -0.05) is 13.3 Å². The smallest absolute Gasteiger partial charge is 0.119 e. The van der Waals surface area contributed by atoms with E-state index in [0.29, 0.717) is 0 Å². The average molecular weight is 226 g/mol. The van der Waals surface area contributed by atoms with Gasteiger partial charge in [-0.3, -0.25) is 0 Å². The van der Waals surface area contributed by atoms with Gasteiger partial charge in [-0.15, -0.1) is 0 Å². The fourth-order valence-corrected chi connectivity index (χ4v) is 0.287. The molecule has 2 heteroatoms. The molecule has 0 spiro atoms. The first kappa shape index (κ1) is 10.9. The Morgan fingerprint density at radius 2 is 2.14 bits per heavy atom. The van der Waals surface area contributed by atoms with Crippen molar-refractivity contribution in [3.05, 3.63) is 0 Å². The number of aldehydes is 1. The van der Waals surface area contributed by atoms with Crippen molar-refractivity contribution in [2.24, 2.45) is 0 Å². The largest absolute Gasteiger partial charge is 0.303 e. The summed E-state index contributed by atoms with van der Waals surface area (Å²) in [7, 11) is 0. The zero-order valence-corrected chi connectivity index (χ0v) is 7.75.